The first-order valence-corrected chi connectivity index (χ1v) is 8.10. The molecule has 2 N–H and O–H groups in total. The minimum Gasteiger partial charge on any atom is -0.337 e. The summed E-state index contributed by atoms with van der Waals surface area (Å²) in [6.07, 6.45) is 5.10. The summed E-state index contributed by atoms with van der Waals surface area (Å²) in [4.78, 5) is 17.1. The number of halogens is 2. The van der Waals surface area contributed by atoms with Gasteiger partial charge in [0.15, 0.2) is 0 Å². The first kappa shape index (κ1) is 20.2. The number of nitrogens with two attached hydrogens (primary N) is 1. The van der Waals surface area contributed by atoms with Gasteiger partial charge in [-0.2, -0.15) is 0 Å². The van der Waals surface area contributed by atoms with Gasteiger partial charge in [-0.05, 0) is 50.0 Å². The van der Waals surface area contributed by atoms with Crippen LogP contribution in [0.15, 0.2) is 24.3 Å². The van der Waals surface area contributed by atoms with Gasteiger partial charge in [0.05, 0.1) is 0 Å². The second-order valence-electron chi connectivity index (χ2n) is 6.19. The van der Waals surface area contributed by atoms with Gasteiger partial charge in [0.25, 0.3) is 5.91 Å². The van der Waals surface area contributed by atoms with Gasteiger partial charge < -0.3 is 10.6 Å². The van der Waals surface area contributed by atoms with Gasteiger partial charge in [0.1, 0.15) is 0 Å². The zero-order valence-corrected chi connectivity index (χ0v) is 15.1. The van der Waals surface area contributed by atoms with Crippen LogP contribution in [0, 0.1) is 0 Å². The predicted octanol–water partition coefficient (Wildman–Crippen LogP) is 2.69. The van der Waals surface area contributed by atoms with Gasteiger partial charge in [-0.3, -0.25) is 9.69 Å². The molecule has 2 aliphatic rings. The van der Waals surface area contributed by atoms with Crippen molar-refractivity contribution in [3.63, 3.8) is 0 Å². The smallest absolute Gasteiger partial charge is 0.253 e. The first-order chi connectivity index (χ1) is 10.3. The van der Waals surface area contributed by atoms with Crippen molar-refractivity contribution < 1.29 is 4.79 Å². The number of carbonyl (C=O) groups excluding carboxylic acids is 1. The second-order valence-corrected chi connectivity index (χ2v) is 6.19. The molecular weight excluding hydrogens is 333 g/mol. The van der Waals surface area contributed by atoms with Crippen molar-refractivity contribution in [2.24, 2.45) is 5.73 Å². The Morgan fingerprint density at radius 1 is 1.04 bits per heavy atom. The Kier molecular flexibility index (Phi) is 8.34. The van der Waals surface area contributed by atoms with Crippen molar-refractivity contribution in [2.75, 3.05) is 26.2 Å². The number of amides is 1. The van der Waals surface area contributed by atoms with E-state index in [1.54, 1.807) is 0 Å². The standard InChI is InChI=1S/C17H25N3O.2ClH/c18-12-14-4-6-15(7-5-14)17(21)20-11-8-16(13-20)19-9-2-1-3-10-19;;/h4-7,16H,1-3,8-13,18H2;2*1H. The minimum absolute atomic E-state index is 0. The van der Waals surface area contributed by atoms with Gasteiger partial charge in [0, 0.05) is 31.2 Å². The molecule has 2 aliphatic heterocycles. The van der Waals surface area contributed by atoms with Crippen LogP contribution in [0.4, 0.5) is 0 Å². The molecule has 4 nitrogen and oxygen atoms in total. The highest BCUT2D eigenvalue weighted by Crippen LogP contribution is 2.21. The highest BCUT2D eigenvalue weighted by molar-refractivity contribution is 5.94. The van der Waals surface area contributed by atoms with Crippen molar-refractivity contribution in [1.82, 2.24) is 9.80 Å². The van der Waals surface area contributed by atoms with Gasteiger partial charge in [-0.15, -0.1) is 24.8 Å². The van der Waals surface area contributed by atoms with E-state index in [4.69, 9.17) is 5.73 Å². The molecule has 0 aromatic heterocycles. The maximum Gasteiger partial charge on any atom is 0.253 e. The first-order valence-electron chi connectivity index (χ1n) is 8.10. The van der Waals surface area contributed by atoms with Crippen LogP contribution in [-0.4, -0.2) is 47.9 Å². The number of piperidine rings is 1. The molecule has 1 unspecified atom stereocenters. The summed E-state index contributed by atoms with van der Waals surface area (Å²) in [5.74, 6) is 0.165. The molecule has 2 heterocycles. The summed E-state index contributed by atoms with van der Waals surface area (Å²) >= 11 is 0. The van der Waals surface area contributed by atoms with E-state index in [0.29, 0.717) is 12.6 Å². The quantitative estimate of drug-likeness (QED) is 0.902. The molecule has 0 radical (unpaired) electrons. The van der Waals surface area contributed by atoms with Gasteiger partial charge in [-0.25, -0.2) is 0 Å². The number of rotatable bonds is 3. The minimum atomic E-state index is 0. The van der Waals surface area contributed by atoms with Crippen LogP contribution in [-0.2, 0) is 6.54 Å². The van der Waals surface area contributed by atoms with Crippen LogP contribution in [0.3, 0.4) is 0 Å². The maximum atomic E-state index is 12.6. The summed E-state index contributed by atoms with van der Waals surface area (Å²) < 4.78 is 0. The molecule has 1 atom stereocenters. The van der Waals surface area contributed by atoms with Crippen LogP contribution < -0.4 is 5.73 Å². The van der Waals surface area contributed by atoms with Crippen LogP contribution in [0.1, 0.15) is 41.6 Å². The molecule has 3 rings (SSSR count). The lowest BCUT2D eigenvalue weighted by atomic mass is 10.1. The molecule has 1 aromatic rings. The van der Waals surface area contributed by atoms with E-state index in [-0.39, 0.29) is 30.7 Å². The summed E-state index contributed by atoms with van der Waals surface area (Å²) in [5, 5.41) is 0. The summed E-state index contributed by atoms with van der Waals surface area (Å²) in [5.41, 5.74) is 7.45. The van der Waals surface area contributed by atoms with E-state index in [1.165, 1.54) is 32.4 Å². The second kappa shape index (κ2) is 9.48. The molecule has 1 amide bonds. The molecule has 1 aromatic carbocycles. The highest BCUT2D eigenvalue weighted by Gasteiger charge is 2.31. The number of benzene rings is 1. The largest absolute Gasteiger partial charge is 0.337 e. The van der Waals surface area contributed by atoms with E-state index in [2.05, 4.69) is 4.90 Å². The fourth-order valence-corrected chi connectivity index (χ4v) is 3.47. The summed E-state index contributed by atoms with van der Waals surface area (Å²) in [7, 11) is 0. The van der Waals surface area contributed by atoms with E-state index in [9.17, 15) is 4.79 Å². The molecule has 0 saturated carbocycles. The molecule has 2 saturated heterocycles. The Hall–Kier alpha value is -0.810. The molecular formula is C17H27Cl2N3O. The van der Waals surface area contributed by atoms with Crippen molar-refractivity contribution in [3.05, 3.63) is 35.4 Å². The average Bonchev–Trinajstić information content (AvgIpc) is 3.05. The zero-order chi connectivity index (χ0) is 14.7. The van der Waals surface area contributed by atoms with E-state index < -0.39 is 0 Å². The Bertz CT molecular complexity index is 489. The van der Waals surface area contributed by atoms with Gasteiger partial charge in [-0.1, -0.05) is 18.6 Å². The molecule has 0 aliphatic carbocycles. The zero-order valence-electron chi connectivity index (χ0n) is 13.4. The van der Waals surface area contributed by atoms with Crippen molar-refractivity contribution in [2.45, 2.75) is 38.3 Å². The van der Waals surface area contributed by atoms with Crippen LogP contribution in [0.25, 0.3) is 0 Å². The van der Waals surface area contributed by atoms with E-state index >= 15 is 0 Å². The molecule has 23 heavy (non-hydrogen) atoms. The number of hydrogen-bond donors (Lipinski definition) is 1. The van der Waals surface area contributed by atoms with E-state index in [1.807, 2.05) is 29.2 Å². The van der Waals surface area contributed by atoms with Crippen molar-refractivity contribution in [3.8, 4) is 0 Å². The molecule has 130 valence electrons. The third-order valence-electron chi connectivity index (χ3n) is 4.79. The molecule has 6 heteroatoms. The van der Waals surface area contributed by atoms with Crippen molar-refractivity contribution in [1.29, 1.82) is 0 Å². The fraction of sp³-hybridized carbons (Fsp3) is 0.588. The molecule has 0 spiro atoms. The lowest BCUT2D eigenvalue weighted by molar-refractivity contribution is 0.0771. The highest BCUT2D eigenvalue weighted by atomic mass is 35.5. The topological polar surface area (TPSA) is 49.6 Å². The van der Waals surface area contributed by atoms with Crippen LogP contribution in [0.2, 0.25) is 0 Å². The SMILES string of the molecule is Cl.Cl.NCc1ccc(C(=O)N2CCC(N3CCCCC3)C2)cc1. The predicted molar refractivity (Wildman–Crippen MR) is 98.6 cm³/mol. The third kappa shape index (κ3) is 4.83. The normalized spacial score (nSPS) is 21.4. The summed E-state index contributed by atoms with van der Waals surface area (Å²) in [6.45, 7) is 4.71. The van der Waals surface area contributed by atoms with Crippen molar-refractivity contribution >= 4 is 30.7 Å². The molecule has 0 bridgehead atoms. The average molecular weight is 360 g/mol. The Morgan fingerprint density at radius 2 is 1.70 bits per heavy atom. The Balaban J connectivity index is 0.00000132. The van der Waals surface area contributed by atoms with Gasteiger partial charge in [0.2, 0.25) is 0 Å². The van der Waals surface area contributed by atoms with Gasteiger partial charge >= 0.3 is 0 Å². The number of carbonyl (C=O) groups is 1. The monoisotopic (exact) mass is 359 g/mol. The lowest BCUT2D eigenvalue weighted by Gasteiger charge is -2.32. The Labute approximate surface area is 151 Å². The molecule has 2 fully saturated rings. The third-order valence-corrected chi connectivity index (χ3v) is 4.79. The lowest BCUT2D eigenvalue weighted by Crippen LogP contribution is -2.41. The summed E-state index contributed by atoms with van der Waals surface area (Å²) in [6, 6.07) is 8.27. The van der Waals surface area contributed by atoms with E-state index in [0.717, 1.165) is 30.6 Å². The maximum absolute atomic E-state index is 12.6. The Morgan fingerprint density at radius 3 is 2.30 bits per heavy atom. The van der Waals surface area contributed by atoms with Crippen LogP contribution in [0.5, 0.6) is 0 Å². The number of likely N-dealkylation sites (tertiary alicyclic amines) is 2. The van der Waals surface area contributed by atoms with Crippen LogP contribution >= 0.6 is 24.8 Å². The number of nitrogens with zero attached hydrogens (tertiary/aromatic N) is 2. The number of hydrogen-bond acceptors (Lipinski definition) is 3. The fourth-order valence-electron chi connectivity index (χ4n) is 3.47.